The van der Waals surface area contributed by atoms with Gasteiger partial charge in [0.15, 0.2) is 0 Å². The summed E-state index contributed by atoms with van der Waals surface area (Å²) in [6.07, 6.45) is 0.240. The molecule has 0 aromatic rings. The first-order valence-corrected chi connectivity index (χ1v) is 6.33. The molecule has 0 spiro atoms. The summed E-state index contributed by atoms with van der Waals surface area (Å²) in [5.41, 5.74) is 0. The first kappa shape index (κ1) is 12.2. The summed E-state index contributed by atoms with van der Waals surface area (Å²) in [4.78, 5) is 2.02. The van der Waals surface area contributed by atoms with Crippen molar-refractivity contribution in [2.75, 3.05) is 19.6 Å². The van der Waals surface area contributed by atoms with E-state index in [2.05, 4.69) is 19.2 Å². The summed E-state index contributed by atoms with van der Waals surface area (Å²) in [7, 11) is 0. The van der Waals surface area contributed by atoms with Crippen molar-refractivity contribution in [3.63, 3.8) is 0 Å². The molecule has 16 heavy (non-hydrogen) atoms. The van der Waals surface area contributed by atoms with Gasteiger partial charge in [0.25, 0.3) is 6.43 Å². The monoisotopic (exact) mass is 232 g/mol. The van der Waals surface area contributed by atoms with Gasteiger partial charge in [-0.05, 0) is 24.7 Å². The predicted molar refractivity (Wildman–Crippen MR) is 60.7 cm³/mol. The summed E-state index contributed by atoms with van der Waals surface area (Å²) in [6, 6.07) is 0.720. The van der Waals surface area contributed by atoms with Crippen LogP contribution in [0, 0.1) is 11.8 Å². The molecule has 0 amide bonds. The maximum absolute atomic E-state index is 12.5. The zero-order valence-electron chi connectivity index (χ0n) is 10.1. The van der Waals surface area contributed by atoms with Crippen LogP contribution in [0.4, 0.5) is 8.78 Å². The molecule has 2 nitrogen and oxygen atoms in total. The quantitative estimate of drug-likeness (QED) is 0.797. The number of halogens is 2. The van der Waals surface area contributed by atoms with Crippen molar-refractivity contribution in [1.29, 1.82) is 0 Å². The number of hydrogen-bond acceptors (Lipinski definition) is 2. The SMILES string of the molecule is CC(C)C1CN(CC(F)F)C(C2CC2)CN1. The fraction of sp³-hybridized carbons (Fsp3) is 1.00. The topological polar surface area (TPSA) is 15.3 Å². The van der Waals surface area contributed by atoms with Crippen LogP contribution in [0.25, 0.3) is 0 Å². The number of nitrogens with zero attached hydrogens (tertiary/aromatic N) is 1. The van der Waals surface area contributed by atoms with Gasteiger partial charge in [-0.2, -0.15) is 0 Å². The highest BCUT2D eigenvalue weighted by atomic mass is 19.3. The Morgan fingerprint density at radius 2 is 2.00 bits per heavy atom. The van der Waals surface area contributed by atoms with E-state index in [9.17, 15) is 8.78 Å². The molecule has 0 bridgehead atoms. The van der Waals surface area contributed by atoms with Gasteiger partial charge in [0, 0.05) is 25.2 Å². The van der Waals surface area contributed by atoms with E-state index in [1.165, 1.54) is 12.8 Å². The molecule has 0 aromatic carbocycles. The maximum atomic E-state index is 12.5. The molecule has 1 N–H and O–H groups in total. The zero-order chi connectivity index (χ0) is 11.7. The van der Waals surface area contributed by atoms with Gasteiger partial charge >= 0.3 is 0 Å². The Kier molecular flexibility index (Phi) is 3.80. The standard InChI is InChI=1S/C12H22F2N2/c1-8(2)10-6-16(7-12(13)14)11(5-15-10)9-3-4-9/h8-12,15H,3-7H2,1-2H3. The van der Waals surface area contributed by atoms with Crippen LogP contribution in [0.3, 0.4) is 0 Å². The van der Waals surface area contributed by atoms with Crippen molar-refractivity contribution < 1.29 is 8.78 Å². The molecule has 1 aliphatic carbocycles. The third kappa shape index (κ3) is 2.92. The second-order valence-electron chi connectivity index (χ2n) is 5.51. The Morgan fingerprint density at radius 1 is 1.31 bits per heavy atom. The summed E-state index contributed by atoms with van der Waals surface area (Å²) in [5.74, 6) is 1.18. The number of piperazine rings is 1. The second kappa shape index (κ2) is 4.96. The van der Waals surface area contributed by atoms with E-state index in [-0.39, 0.29) is 6.54 Å². The Bertz CT molecular complexity index is 229. The molecule has 4 heteroatoms. The van der Waals surface area contributed by atoms with Crippen molar-refractivity contribution in [1.82, 2.24) is 10.2 Å². The van der Waals surface area contributed by atoms with Crippen molar-refractivity contribution in [2.24, 2.45) is 11.8 Å². The van der Waals surface area contributed by atoms with Crippen LogP contribution in [-0.2, 0) is 0 Å². The maximum Gasteiger partial charge on any atom is 0.251 e. The van der Waals surface area contributed by atoms with E-state index in [0.717, 1.165) is 13.1 Å². The minimum absolute atomic E-state index is 0.0495. The lowest BCUT2D eigenvalue weighted by Crippen LogP contribution is -2.59. The van der Waals surface area contributed by atoms with E-state index in [0.29, 0.717) is 23.9 Å². The van der Waals surface area contributed by atoms with Crippen LogP contribution in [0.2, 0.25) is 0 Å². The molecule has 1 heterocycles. The van der Waals surface area contributed by atoms with Gasteiger partial charge in [-0.15, -0.1) is 0 Å². The molecular formula is C12H22F2N2. The normalized spacial score (nSPS) is 32.6. The molecule has 2 unspecified atom stereocenters. The van der Waals surface area contributed by atoms with Crippen LogP contribution in [-0.4, -0.2) is 43.0 Å². The fourth-order valence-electron chi connectivity index (χ4n) is 2.63. The number of rotatable bonds is 4. The van der Waals surface area contributed by atoms with Crippen LogP contribution < -0.4 is 5.32 Å². The molecular weight excluding hydrogens is 210 g/mol. The molecule has 0 radical (unpaired) electrons. The molecule has 2 aliphatic rings. The largest absolute Gasteiger partial charge is 0.311 e. The van der Waals surface area contributed by atoms with Gasteiger partial charge in [0.2, 0.25) is 0 Å². The molecule has 2 rings (SSSR count). The third-order valence-corrected chi connectivity index (χ3v) is 3.83. The third-order valence-electron chi connectivity index (χ3n) is 3.83. The van der Waals surface area contributed by atoms with E-state index >= 15 is 0 Å². The Hall–Kier alpha value is -0.220. The van der Waals surface area contributed by atoms with Crippen molar-refractivity contribution in [3.8, 4) is 0 Å². The number of nitrogens with one attached hydrogen (secondary N) is 1. The fourth-order valence-corrected chi connectivity index (χ4v) is 2.63. The highest BCUT2D eigenvalue weighted by Crippen LogP contribution is 2.36. The number of alkyl halides is 2. The molecule has 2 atom stereocenters. The van der Waals surface area contributed by atoms with E-state index in [4.69, 9.17) is 0 Å². The number of hydrogen-bond donors (Lipinski definition) is 1. The molecule has 2 fully saturated rings. The molecule has 1 saturated heterocycles. The summed E-state index contributed by atoms with van der Waals surface area (Å²) < 4.78 is 25.1. The Labute approximate surface area is 96.4 Å². The van der Waals surface area contributed by atoms with Gasteiger partial charge in [-0.3, -0.25) is 4.90 Å². The lowest BCUT2D eigenvalue weighted by molar-refractivity contribution is 0.0302. The van der Waals surface area contributed by atoms with Gasteiger partial charge < -0.3 is 5.32 Å². The second-order valence-corrected chi connectivity index (χ2v) is 5.51. The summed E-state index contributed by atoms with van der Waals surface area (Å²) in [5, 5.41) is 3.51. The smallest absolute Gasteiger partial charge is 0.251 e. The van der Waals surface area contributed by atoms with E-state index in [1.807, 2.05) is 4.90 Å². The average molecular weight is 232 g/mol. The van der Waals surface area contributed by atoms with E-state index in [1.54, 1.807) is 0 Å². The van der Waals surface area contributed by atoms with Gasteiger partial charge in [-0.1, -0.05) is 13.8 Å². The summed E-state index contributed by atoms with van der Waals surface area (Å²) in [6.45, 7) is 5.92. The first-order valence-electron chi connectivity index (χ1n) is 6.33. The van der Waals surface area contributed by atoms with Crippen LogP contribution in [0.1, 0.15) is 26.7 Å². The zero-order valence-corrected chi connectivity index (χ0v) is 10.1. The average Bonchev–Trinajstić information content (AvgIpc) is 3.00. The highest BCUT2D eigenvalue weighted by molar-refractivity contribution is 4.95. The van der Waals surface area contributed by atoms with Crippen molar-refractivity contribution >= 4 is 0 Å². The van der Waals surface area contributed by atoms with Crippen molar-refractivity contribution in [3.05, 3.63) is 0 Å². The van der Waals surface area contributed by atoms with Crippen LogP contribution >= 0.6 is 0 Å². The minimum atomic E-state index is -2.20. The van der Waals surface area contributed by atoms with E-state index < -0.39 is 6.43 Å². The lowest BCUT2D eigenvalue weighted by Gasteiger charge is -2.42. The predicted octanol–water partition coefficient (Wildman–Crippen LogP) is 1.96. The Morgan fingerprint density at radius 3 is 2.50 bits per heavy atom. The molecule has 94 valence electrons. The van der Waals surface area contributed by atoms with Crippen LogP contribution in [0.5, 0.6) is 0 Å². The lowest BCUT2D eigenvalue weighted by atomic mass is 9.97. The molecule has 1 saturated carbocycles. The summed E-state index contributed by atoms with van der Waals surface area (Å²) >= 11 is 0. The van der Waals surface area contributed by atoms with Gasteiger partial charge in [0.05, 0.1) is 6.54 Å². The molecule has 0 aromatic heterocycles. The minimum Gasteiger partial charge on any atom is -0.311 e. The van der Waals surface area contributed by atoms with Gasteiger partial charge in [0.1, 0.15) is 0 Å². The molecule has 1 aliphatic heterocycles. The first-order chi connectivity index (χ1) is 7.58. The van der Waals surface area contributed by atoms with Crippen molar-refractivity contribution in [2.45, 2.75) is 45.2 Å². The Balaban J connectivity index is 1.94. The highest BCUT2D eigenvalue weighted by Gasteiger charge is 2.39. The van der Waals surface area contributed by atoms with Crippen LogP contribution in [0.15, 0.2) is 0 Å². The van der Waals surface area contributed by atoms with Gasteiger partial charge in [-0.25, -0.2) is 8.78 Å².